The number of thiazole rings is 1. The maximum absolute atomic E-state index is 12.0. The van der Waals surface area contributed by atoms with Crippen molar-refractivity contribution < 1.29 is 9.59 Å². The highest BCUT2D eigenvalue weighted by atomic mass is 32.1. The lowest BCUT2D eigenvalue weighted by atomic mass is 10.2. The predicted molar refractivity (Wildman–Crippen MR) is 87.0 cm³/mol. The van der Waals surface area contributed by atoms with E-state index in [0.717, 1.165) is 23.5 Å². The Morgan fingerprint density at radius 2 is 2.00 bits per heavy atom. The molecule has 3 rings (SSSR count). The molecule has 0 atom stereocenters. The molecule has 2 aromatic rings. The van der Waals surface area contributed by atoms with E-state index in [9.17, 15) is 9.59 Å². The molecule has 2 N–H and O–H groups in total. The lowest BCUT2D eigenvalue weighted by molar-refractivity contribution is -0.117. The van der Waals surface area contributed by atoms with Gasteiger partial charge in [0.2, 0.25) is 11.8 Å². The zero-order valence-electron chi connectivity index (χ0n) is 12.3. The van der Waals surface area contributed by atoms with Gasteiger partial charge in [-0.15, -0.1) is 11.3 Å². The summed E-state index contributed by atoms with van der Waals surface area (Å²) in [5, 5.41) is 8.54. The molecule has 2 amide bonds. The zero-order valence-corrected chi connectivity index (χ0v) is 13.1. The molecule has 6 heteroatoms. The van der Waals surface area contributed by atoms with Crippen molar-refractivity contribution in [1.82, 2.24) is 4.98 Å². The van der Waals surface area contributed by atoms with Gasteiger partial charge in [-0.1, -0.05) is 6.07 Å². The smallest absolute Gasteiger partial charge is 0.230 e. The first kappa shape index (κ1) is 14.7. The van der Waals surface area contributed by atoms with Crippen LogP contribution in [0.2, 0.25) is 0 Å². The number of rotatable bonds is 5. The summed E-state index contributed by atoms with van der Waals surface area (Å²) < 4.78 is 0. The number of benzene rings is 1. The Balaban J connectivity index is 1.59. The minimum Gasteiger partial charge on any atom is -0.326 e. The Labute approximate surface area is 132 Å². The molecule has 0 unspecified atom stereocenters. The van der Waals surface area contributed by atoms with Crippen LogP contribution in [0.25, 0.3) is 0 Å². The Morgan fingerprint density at radius 1 is 1.27 bits per heavy atom. The van der Waals surface area contributed by atoms with Crippen molar-refractivity contribution in [2.75, 3.05) is 10.6 Å². The molecular formula is C16H17N3O2S. The second-order valence-electron chi connectivity index (χ2n) is 5.43. The molecule has 1 aromatic carbocycles. The van der Waals surface area contributed by atoms with Gasteiger partial charge in [-0.3, -0.25) is 9.59 Å². The second-order valence-corrected chi connectivity index (χ2v) is 6.49. The van der Waals surface area contributed by atoms with Crippen LogP contribution >= 0.6 is 11.3 Å². The SMILES string of the molecule is Cc1nc(CC(=O)Nc2cccc(NC(=O)C3CC3)c2)cs1. The molecule has 1 aromatic heterocycles. The zero-order chi connectivity index (χ0) is 15.5. The van der Waals surface area contributed by atoms with Gasteiger partial charge in [-0.05, 0) is 38.0 Å². The fourth-order valence-corrected chi connectivity index (χ4v) is 2.74. The largest absolute Gasteiger partial charge is 0.326 e. The molecule has 1 heterocycles. The number of hydrogen-bond acceptors (Lipinski definition) is 4. The highest BCUT2D eigenvalue weighted by Crippen LogP contribution is 2.30. The first-order valence-electron chi connectivity index (χ1n) is 7.22. The third-order valence-corrected chi connectivity index (χ3v) is 4.19. The number of carbonyl (C=O) groups excluding carboxylic acids is 2. The quantitative estimate of drug-likeness (QED) is 0.891. The number of carbonyl (C=O) groups is 2. The fraction of sp³-hybridized carbons (Fsp3) is 0.312. The van der Waals surface area contributed by atoms with Gasteiger partial charge in [0.1, 0.15) is 0 Å². The topological polar surface area (TPSA) is 71.1 Å². The third kappa shape index (κ3) is 3.92. The van der Waals surface area contributed by atoms with Gasteiger partial charge in [0.25, 0.3) is 0 Å². The molecule has 0 bridgehead atoms. The number of nitrogens with zero attached hydrogens (tertiary/aromatic N) is 1. The van der Waals surface area contributed by atoms with E-state index in [2.05, 4.69) is 15.6 Å². The van der Waals surface area contributed by atoms with E-state index in [-0.39, 0.29) is 24.2 Å². The summed E-state index contributed by atoms with van der Waals surface area (Å²) in [4.78, 5) is 28.0. The van der Waals surface area contributed by atoms with Crippen molar-refractivity contribution in [1.29, 1.82) is 0 Å². The van der Waals surface area contributed by atoms with Crippen molar-refractivity contribution >= 4 is 34.5 Å². The Kier molecular flexibility index (Phi) is 4.20. The number of aromatic nitrogens is 1. The lowest BCUT2D eigenvalue weighted by Gasteiger charge is -2.08. The molecule has 0 radical (unpaired) electrons. The molecule has 1 aliphatic carbocycles. The van der Waals surface area contributed by atoms with Crippen molar-refractivity contribution in [2.24, 2.45) is 5.92 Å². The van der Waals surface area contributed by atoms with Crippen LogP contribution in [0.4, 0.5) is 11.4 Å². The van der Waals surface area contributed by atoms with Crippen LogP contribution in [0.5, 0.6) is 0 Å². The van der Waals surface area contributed by atoms with E-state index in [1.54, 1.807) is 12.1 Å². The molecular weight excluding hydrogens is 298 g/mol. The van der Waals surface area contributed by atoms with Crippen molar-refractivity contribution in [3.05, 3.63) is 40.3 Å². The monoisotopic (exact) mass is 315 g/mol. The summed E-state index contributed by atoms with van der Waals surface area (Å²) >= 11 is 1.53. The van der Waals surface area contributed by atoms with Crippen LogP contribution in [0.1, 0.15) is 23.5 Å². The first-order valence-corrected chi connectivity index (χ1v) is 8.10. The molecule has 0 aliphatic heterocycles. The van der Waals surface area contributed by atoms with Gasteiger partial charge in [-0.25, -0.2) is 4.98 Å². The summed E-state index contributed by atoms with van der Waals surface area (Å²) in [5.41, 5.74) is 2.16. The van der Waals surface area contributed by atoms with Gasteiger partial charge in [0, 0.05) is 22.7 Å². The number of hydrogen-bond donors (Lipinski definition) is 2. The minimum atomic E-state index is -0.115. The maximum Gasteiger partial charge on any atom is 0.230 e. The van der Waals surface area contributed by atoms with E-state index in [1.165, 1.54) is 11.3 Å². The Morgan fingerprint density at radius 3 is 2.64 bits per heavy atom. The lowest BCUT2D eigenvalue weighted by Crippen LogP contribution is -2.16. The normalized spacial score (nSPS) is 13.7. The van der Waals surface area contributed by atoms with E-state index < -0.39 is 0 Å². The standard InChI is InChI=1S/C16H17N3O2S/c1-10-17-14(9-22-10)8-15(20)18-12-3-2-4-13(7-12)19-16(21)11-5-6-11/h2-4,7,9,11H,5-6,8H2,1H3,(H,18,20)(H,19,21). The van der Waals surface area contributed by atoms with Crippen molar-refractivity contribution in [3.8, 4) is 0 Å². The van der Waals surface area contributed by atoms with Gasteiger partial charge < -0.3 is 10.6 Å². The van der Waals surface area contributed by atoms with Gasteiger partial charge in [0.05, 0.1) is 17.1 Å². The summed E-state index contributed by atoms with van der Waals surface area (Å²) in [6, 6.07) is 7.20. The van der Waals surface area contributed by atoms with Gasteiger partial charge in [0.15, 0.2) is 0 Å². The second kappa shape index (κ2) is 6.27. The van der Waals surface area contributed by atoms with Crippen LogP contribution in [0, 0.1) is 12.8 Å². The maximum atomic E-state index is 12.0. The number of anilines is 2. The highest BCUT2D eigenvalue weighted by Gasteiger charge is 2.29. The van der Waals surface area contributed by atoms with E-state index in [4.69, 9.17) is 0 Å². The Hall–Kier alpha value is -2.21. The van der Waals surface area contributed by atoms with E-state index in [1.807, 2.05) is 24.4 Å². The molecule has 114 valence electrons. The Bertz CT molecular complexity index is 707. The van der Waals surface area contributed by atoms with Crippen LogP contribution < -0.4 is 10.6 Å². The number of aryl methyl sites for hydroxylation is 1. The summed E-state index contributed by atoms with van der Waals surface area (Å²) in [5.74, 6) is 0.101. The van der Waals surface area contributed by atoms with Crippen LogP contribution in [-0.4, -0.2) is 16.8 Å². The van der Waals surface area contributed by atoms with Crippen LogP contribution in [0.3, 0.4) is 0 Å². The van der Waals surface area contributed by atoms with E-state index in [0.29, 0.717) is 11.4 Å². The summed E-state index contributed by atoms with van der Waals surface area (Å²) in [6.45, 7) is 1.91. The average molecular weight is 315 g/mol. The molecule has 1 fully saturated rings. The fourth-order valence-electron chi connectivity index (χ4n) is 2.12. The molecule has 22 heavy (non-hydrogen) atoms. The average Bonchev–Trinajstić information content (AvgIpc) is 3.23. The molecule has 1 aliphatic rings. The van der Waals surface area contributed by atoms with Crippen LogP contribution in [0.15, 0.2) is 29.6 Å². The van der Waals surface area contributed by atoms with Crippen molar-refractivity contribution in [3.63, 3.8) is 0 Å². The molecule has 0 spiro atoms. The molecule has 5 nitrogen and oxygen atoms in total. The molecule has 1 saturated carbocycles. The van der Waals surface area contributed by atoms with E-state index >= 15 is 0 Å². The van der Waals surface area contributed by atoms with Gasteiger partial charge >= 0.3 is 0 Å². The number of nitrogens with one attached hydrogen (secondary N) is 2. The third-order valence-electron chi connectivity index (χ3n) is 3.37. The predicted octanol–water partition coefficient (Wildman–Crippen LogP) is 2.98. The summed E-state index contributed by atoms with van der Waals surface area (Å²) in [6.07, 6.45) is 2.19. The highest BCUT2D eigenvalue weighted by molar-refractivity contribution is 7.09. The number of amides is 2. The van der Waals surface area contributed by atoms with Gasteiger partial charge in [-0.2, -0.15) is 0 Å². The van der Waals surface area contributed by atoms with Crippen LogP contribution in [-0.2, 0) is 16.0 Å². The van der Waals surface area contributed by atoms with Crippen molar-refractivity contribution in [2.45, 2.75) is 26.2 Å². The minimum absolute atomic E-state index is 0.0569. The first-order chi connectivity index (χ1) is 10.6. The summed E-state index contributed by atoms with van der Waals surface area (Å²) in [7, 11) is 0. The molecule has 0 saturated heterocycles.